The summed E-state index contributed by atoms with van der Waals surface area (Å²) >= 11 is 0. The molecule has 1 atom stereocenters. The number of aromatic nitrogens is 3. The predicted octanol–water partition coefficient (Wildman–Crippen LogP) is 3.26. The molecule has 0 N–H and O–H groups in total. The summed E-state index contributed by atoms with van der Waals surface area (Å²) in [5.41, 5.74) is 1.94. The van der Waals surface area contributed by atoms with Crippen LogP contribution in [0.3, 0.4) is 0 Å². The molecule has 2 aliphatic heterocycles. The summed E-state index contributed by atoms with van der Waals surface area (Å²) in [5.74, 6) is 1.45. The Bertz CT molecular complexity index is 1130. The van der Waals surface area contributed by atoms with E-state index < -0.39 is 0 Å². The Labute approximate surface area is 201 Å². The maximum absolute atomic E-state index is 13.8. The molecule has 1 amide bonds. The minimum atomic E-state index is -0.330. The number of anilines is 1. The van der Waals surface area contributed by atoms with Gasteiger partial charge in [-0.2, -0.15) is 0 Å². The molecule has 0 unspecified atom stereocenters. The molecular weight excluding hydrogens is 424 g/mol. The summed E-state index contributed by atoms with van der Waals surface area (Å²) < 4.78 is 0. The molecular formula is C27H34N6O. The third-order valence-corrected chi connectivity index (χ3v) is 7.48. The molecule has 5 rings (SSSR count). The summed E-state index contributed by atoms with van der Waals surface area (Å²) in [7, 11) is 2.17. The van der Waals surface area contributed by atoms with E-state index in [1.165, 1.54) is 10.9 Å². The van der Waals surface area contributed by atoms with E-state index in [4.69, 9.17) is 0 Å². The Morgan fingerprint density at radius 1 is 1.00 bits per heavy atom. The van der Waals surface area contributed by atoms with Gasteiger partial charge >= 0.3 is 0 Å². The average Bonchev–Trinajstić information content (AvgIpc) is 3.05. The van der Waals surface area contributed by atoms with Crippen molar-refractivity contribution in [3.8, 4) is 0 Å². The lowest BCUT2D eigenvalue weighted by Gasteiger charge is -2.41. The molecule has 3 aromatic rings. The zero-order valence-electron chi connectivity index (χ0n) is 20.2. The molecule has 0 radical (unpaired) electrons. The fraction of sp³-hybridized carbons (Fsp3) is 0.481. The fourth-order valence-corrected chi connectivity index (χ4v) is 5.41. The molecule has 34 heavy (non-hydrogen) atoms. The molecule has 4 heterocycles. The van der Waals surface area contributed by atoms with Crippen molar-refractivity contribution in [2.45, 2.75) is 26.2 Å². The van der Waals surface area contributed by atoms with E-state index >= 15 is 0 Å². The number of carbonyl (C=O) groups excluding carboxylic acids is 1. The Balaban J connectivity index is 1.26. The van der Waals surface area contributed by atoms with E-state index in [1.807, 2.05) is 18.3 Å². The van der Waals surface area contributed by atoms with E-state index in [0.29, 0.717) is 11.8 Å². The van der Waals surface area contributed by atoms with E-state index in [1.54, 1.807) is 12.4 Å². The second-order valence-corrected chi connectivity index (χ2v) is 10.2. The van der Waals surface area contributed by atoms with Gasteiger partial charge in [-0.3, -0.25) is 9.78 Å². The number of hydrogen-bond acceptors (Lipinski definition) is 6. The highest BCUT2D eigenvalue weighted by atomic mass is 16.2. The highest BCUT2D eigenvalue weighted by Crippen LogP contribution is 2.34. The number of nitrogens with zero attached hydrogens (tertiary/aromatic N) is 6. The topological polar surface area (TPSA) is 65.5 Å². The van der Waals surface area contributed by atoms with Crippen molar-refractivity contribution in [2.24, 2.45) is 11.3 Å². The van der Waals surface area contributed by atoms with E-state index in [0.717, 1.165) is 70.0 Å². The Morgan fingerprint density at radius 3 is 2.56 bits per heavy atom. The first kappa shape index (κ1) is 22.7. The number of para-hydroxylation sites is 1. The third-order valence-electron chi connectivity index (χ3n) is 7.48. The molecule has 2 saturated heterocycles. The highest BCUT2D eigenvalue weighted by Gasteiger charge is 2.41. The van der Waals surface area contributed by atoms with Gasteiger partial charge in [0, 0.05) is 68.7 Å². The Kier molecular flexibility index (Phi) is 6.46. The van der Waals surface area contributed by atoms with Crippen LogP contribution >= 0.6 is 0 Å². The van der Waals surface area contributed by atoms with Gasteiger partial charge in [-0.1, -0.05) is 25.1 Å². The van der Waals surface area contributed by atoms with Gasteiger partial charge in [0.15, 0.2) is 0 Å². The van der Waals surface area contributed by atoms with Crippen molar-refractivity contribution in [3.63, 3.8) is 0 Å². The summed E-state index contributed by atoms with van der Waals surface area (Å²) in [6, 6.07) is 12.3. The molecule has 2 aromatic heterocycles. The molecule has 2 fully saturated rings. The van der Waals surface area contributed by atoms with Gasteiger partial charge in [0.1, 0.15) is 0 Å². The minimum absolute atomic E-state index is 0.304. The molecule has 2 aliphatic rings. The lowest BCUT2D eigenvalue weighted by molar-refractivity contribution is -0.142. The van der Waals surface area contributed by atoms with Crippen molar-refractivity contribution < 1.29 is 4.79 Å². The van der Waals surface area contributed by atoms with Gasteiger partial charge in [-0.25, -0.2) is 9.97 Å². The predicted molar refractivity (Wildman–Crippen MR) is 135 cm³/mol. The summed E-state index contributed by atoms with van der Waals surface area (Å²) in [6.45, 7) is 7.28. The monoisotopic (exact) mass is 458 g/mol. The van der Waals surface area contributed by atoms with Crippen molar-refractivity contribution in [1.29, 1.82) is 0 Å². The maximum Gasteiger partial charge on any atom is 0.228 e. The number of amides is 1. The van der Waals surface area contributed by atoms with E-state index in [-0.39, 0.29) is 5.41 Å². The first-order valence-corrected chi connectivity index (χ1v) is 12.3. The van der Waals surface area contributed by atoms with Gasteiger partial charge in [-0.15, -0.1) is 0 Å². The number of fused-ring (bicyclic) bond motifs is 1. The van der Waals surface area contributed by atoms with Crippen LogP contribution in [0.2, 0.25) is 0 Å². The van der Waals surface area contributed by atoms with Crippen LogP contribution in [-0.4, -0.2) is 77.0 Å². The Morgan fingerprint density at radius 2 is 1.76 bits per heavy atom. The molecule has 0 aliphatic carbocycles. The van der Waals surface area contributed by atoms with Gasteiger partial charge in [0.2, 0.25) is 11.9 Å². The summed E-state index contributed by atoms with van der Waals surface area (Å²) in [4.78, 5) is 33.9. The molecule has 1 aromatic carbocycles. The van der Waals surface area contributed by atoms with Gasteiger partial charge < -0.3 is 14.7 Å². The number of rotatable bonds is 4. The number of pyridine rings is 1. The van der Waals surface area contributed by atoms with Crippen LogP contribution in [-0.2, 0) is 11.2 Å². The number of carbonyl (C=O) groups is 1. The summed E-state index contributed by atoms with van der Waals surface area (Å²) in [5, 5.41) is 1.18. The quantitative estimate of drug-likeness (QED) is 0.598. The lowest BCUT2D eigenvalue weighted by atomic mass is 9.79. The van der Waals surface area contributed by atoms with E-state index in [9.17, 15) is 4.79 Å². The van der Waals surface area contributed by atoms with Gasteiger partial charge in [0.25, 0.3) is 0 Å². The van der Waals surface area contributed by atoms with Crippen molar-refractivity contribution in [2.75, 3.05) is 51.2 Å². The number of benzene rings is 1. The SMILES string of the molecule is CN1CCN(C(=O)C2(C)CCN(c3ncccn3)CC2)C[C@H](Cc2cnc3ccccc3c2)C1. The van der Waals surface area contributed by atoms with Crippen LogP contribution in [0.1, 0.15) is 25.3 Å². The van der Waals surface area contributed by atoms with Crippen LogP contribution in [0.25, 0.3) is 10.9 Å². The lowest BCUT2D eigenvalue weighted by Crippen LogP contribution is -2.50. The van der Waals surface area contributed by atoms with Crippen molar-refractivity contribution in [1.82, 2.24) is 24.8 Å². The molecule has 7 heteroatoms. The second kappa shape index (κ2) is 9.66. The normalized spacial score (nSPS) is 21.4. The average molecular weight is 459 g/mol. The molecule has 178 valence electrons. The van der Waals surface area contributed by atoms with Crippen LogP contribution in [0.15, 0.2) is 55.0 Å². The standard InChI is InChI=1S/C27H34N6O/c1-27(8-12-32(13-9-27)26-28-10-5-11-29-26)25(34)33-15-14-31(2)19-22(20-33)16-21-17-23-6-3-4-7-24(23)30-18-21/h3-7,10-11,17-18,22H,8-9,12-16,19-20H2,1-2H3/t22-/m1/s1. The highest BCUT2D eigenvalue weighted by molar-refractivity contribution is 5.83. The van der Waals surface area contributed by atoms with Crippen LogP contribution in [0.4, 0.5) is 5.95 Å². The minimum Gasteiger partial charge on any atom is -0.341 e. The third kappa shape index (κ3) is 4.89. The zero-order valence-corrected chi connectivity index (χ0v) is 20.2. The number of likely N-dealkylation sites (N-methyl/N-ethyl adjacent to an activating group) is 1. The second-order valence-electron chi connectivity index (χ2n) is 10.2. The summed E-state index contributed by atoms with van der Waals surface area (Å²) in [6.07, 6.45) is 8.15. The fourth-order valence-electron chi connectivity index (χ4n) is 5.41. The number of piperidine rings is 1. The van der Waals surface area contributed by atoms with Crippen LogP contribution in [0, 0.1) is 11.3 Å². The molecule has 0 saturated carbocycles. The van der Waals surface area contributed by atoms with Gasteiger partial charge in [-0.05, 0) is 56.0 Å². The maximum atomic E-state index is 13.8. The number of hydrogen-bond donors (Lipinski definition) is 0. The first-order valence-electron chi connectivity index (χ1n) is 12.3. The van der Waals surface area contributed by atoms with Crippen LogP contribution in [0.5, 0.6) is 0 Å². The molecule has 7 nitrogen and oxygen atoms in total. The molecule has 0 spiro atoms. The van der Waals surface area contributed by atoms with Gasteiger partial charge in [0.05, 0.1) is 5.52 Å². The zero-order chi connectivity index (χ0) is 23.5. The molecule has 0 bridgehead atoms. The van der Waals surface area contributed by atoms with E-state index in [2.05, 4.69) is 67.9 Å². The first-order chi connectivity index (χ1) is 16.5. The van der Waals surface area contributed by atoms with Crippen molar-refractivity contribution >= 4 is 22.8 Å². The Hall–Kier alpha value is -3.06. The largest absolute Gasteiger partial charge is 0.341 e. The van der Waals surface area contributed by atoms with Crippen molar-refractivity contribution in [3.05, 3.63) is 60.6 Å². The van der Waals surface area contributed by atoms with Crippen LogP contribution < -0.4 is 4.90 Å². The smallest absolute Gasteiger partial charge is 0.228 e.